The molecule has 2 heterocycles. The summed E-state index contributed by atoms with van der Waals surface area (Å²) in [5.74, 6) is 0.322. The van der Waals surface area contributed by atoms with Crippen LogP contribution in [0.15, 0.2) is 11.0 Å². The molecule has 0 radical (unpaired) electrons. The van der Waals surface area contributed by atoms with Crippen molar-refractivity contribution >= 4 is 18.0 Å². The Hall–Kier alpha value is -1.50. The van der Waals surface area contributed by atoms with Crippen LogP contribution >= 0.6 is 12.2 Å². The summed E-state index contributed by atoms with van der Waals surface area (Å²) in [5, 5.41) is 9.91. The first-order chi connectivity index (χ1) is 5.27. The van der Waals surface area contributed by atoms with E-state index in [0.29, 0.717) is 10.5 Å². The minimum Gasteiger partial charge on any atom is -0.288 e. The molecule has 0 atom stereocenters. The van der Waals surface area contributed by atoms with Gasteiger partial charge in [0.1, 0.15) is 6.20 Å². The highest BCUT2D eigenvalue weighted by atomic mass is 32.1. The highest BCUT2D eigenvalue weighted by Gasteiger charge is 1.95. The van der Waals surface area contributed by atoms with Crippen LogP contribution in [-0.4, -0.2) is 24.8 Å². The van der Waals surface area contributed by atoms with Gasteiger partial charge in [-0.25, -0.2) is 5.10 Å². The number of hydrogen-bond donors (Lipinski definition) is 2. The van der Waals surface area contributed by atoms with E-state index in [9.17, 15) is 4.79 Å². The zero-order chi connectivity index (χ0) is 7.84. The van der Waals surface area contributed by atoms with Crippen LogP contribution in [0.3, 0.4) is 0 Å². The third-order valence-corrected chi connectivity index (χ3v) is 1.44. The lowest BCUT2D eigenvalue weighted by atomic mass is 10.8. The second-order valence-corrected chi connectivity index (χ2v) is 2.28. The maximum absolute atomic E-state index is 10.7. The van der Waals surface area contributed by atoms with Crippen LogP contribution < -0.4 is 5.56 Å². The van der Waals surface area contributed by atoms with Crippen molar-refractivity contribution in [2.24, 2.45) is 0 Å². The van der Waals surface area contributed by atoms with Crippen molar-refractivity contribution in [3.8, 4) is 0 Å². The molecule has 0 unspecified atom stereocenters. The van der Waals surface area contributed by atoms with Crippen molar-refractivity contribution < 1.29 is 0 Å². The van der Waals surface area contributed by atoms with Gasteiger partial charge in [-0.2, -0.15) is 9.61 Å². The van der Waals surface area contributed by atoms with Crippen LogP contribution in [0.5, 0.6) is 0 Å². The van der Waals surface area contributed by atoms with Gasteiger partial charge in [0.15, 0.2) is 0 Å². The Morgan fingerprint density at radius 2 is 2.45 bits per heavy atom. The first-order valence-corrected chi connectivity index (χ1v) is 3.21. The SMILES string of the molecule is O=c1cnn2c(=S)[nH]nc2[nH]1. The molecule has 2 rings (SSSR count). The molecule has 2 aromatic rings. The molecular formula is C4H3N5OS. The van der Waals surface area contributed by atoms with Crippen molar-refractivity contribution in [2.75, 3.05) is 0 Å². The highest BCUT2D eigenvalue weighted by molar-refractivity contribution is 7.71. The third-order valence-electron chi connectivity index (χ3n) is 1.18. The number of fused-ring (bicyclic) bond motifs is 1. The number of rotatable bonds is 0. The zero-order valence-electron chi connectivity index (χ0n) is 5.24. The summed E-state index contributed by atoms with van der Waals surface area (Å²) in [6.07, 6.45) is 1.14. The fourth-order valence-corrected chi connectivity index (χ4v) is 0.912. The molecule has 7 heteroatoms. The van der Waals surface area contributed by atoms with Crippen LogP contribution in [0, 0.1) is 4.77 Å². The van der Waals surface area contributed by atoms with Gasteiger partial charge in [0.05, 0.1) is 0 Å². The first kappa shape index (κ1) is 6.23. The lowest BCUT2D eigenvalue weighted by molar-refractivity contribution is 0.872. The predicted molar refractivity (Wildman–Crippen MR) is 38.8 cm³/mol. The van der Waals surface area contributed by atoms with E-state index in [1.165, 1.54) is 4.52 Å². The van der Waals surface area contributed by atoms with Gasteiger partial charge >= 0.3 is 0 Å². The van der Waals surface area contributed by atoms with Crippen LogP contribution in [0.2, 0.25) is 0 Å². The van der Waals surface area contributed by atoms with Crippen LogP contribution in [0.4, 0.5) is 0 Å². The molecule has 0 aliphatic rings. The summed E-state index contributed by atoms with van der Waals surface area (Å²) in [6, 6.07) is 0. The smallest absolute Gasteiger partial charge is 0.271 e. The minimum atomic E-state index is -0.300. The molecular weight excluding hydrogens is 166 g/mol. The van der Waals surface area contributed by atoms with E-state index in [1.807, 2.05) is 0 Å². The Morgan fingerprint density at radius 1 is 1.64 bits per heavy atom. The molecule has 0 spiro atoms. The van der Waals surface area contributed by atoms with Crippen LogP contribution in [0.1, 0.15) is 0 Å². The van der Waals surface area contributed by atoms with E-state index in [1.54, 1.807) is 0 Å². The fourth-order valence-electron chi connectivity index (χ4n) is 0.732. The highest BCUT2D eigenvalue weighted by Crippen LogP contribution is 1.86. The van der Waals surface area contributed by atoms with Crippen molar-refractivity contribution in [3.05, 3.63) is 21.3 Å². The van der Waals surface area contributed by atoms with Gasteiger partial charge < -0.3 is 0 Å². The normalized spacial score (nSPS) is 10.5. The average Bonchev–Trinajstić information content (AvgIpc) is 2.32. The Bertz CT molecular complexity index is 493. The fraction of sp³-hybridized carbons (Fsp3) is 0. The summed E-state index contributed by atoms with van der Waals surface area (Å²) in [4.78, 5) is 13.1. The largest absolute Gasteiger partial charge is 0.288 e. The number of aromatic amines is 2. The van der Waals surface area contributed by atoms with Crippen LogP contribution in [-0.2, 0) is 0 Å². The Balaban J connectivity index is 3.08. The molecule has 6 nitrogen and oxygen atoms in total. The maximum Gasteiger partial charge on any atom is 0.271 e. The minimum absolute atomic E-state index is 0.300. The lowest BCUT2D eigenvalue weighted by Gasteiger charge is -1.85. The van der Waals surface area contributed by atoms with E-state index in [-0.39, 0.29) is 5.56 Å². The number of nitrogens with one attached hydrogen (secondary N) is 2. The second kappa shape index (κ2) is 1.99. The molecule has 11 heavy (non-hydrogen) atoms. The average molecular weight is 169 g/mol. The quantitative estimate of drug-likeness (QED) is 0.520. The molecule has 2 N–H and O–H groups in total. The molecule has 56 valence electrons. The molecule has 0 aliphatic carbocycles. The molecule has 0 bridgehead atoms. The van der Waals surface area contributed by atoms with Crippen molar-refractivity contribution in [3.63, 3.8) is 0 Å². The molecule has 0 saturated heterocycles. The van der Waals surface area contributed by atoms with Crippen molar-refractivity contribution in [1.29, 1.82) is 0 Å². The third kappa shape index (κ3) is 0.855. The number of nitrogens with zero attached hydrogens (tertiary/aromatic N) is 3. The van der Waals surface area contributed by atoms with Crippen molar-refractivity contribution in [1.82, 2.24) is 24.8 Å². The number of hydrogen-bond acceptors (Lipinski definition) is 4. The summed E-state index contributed by atoms with van der Waals surface area (Å²) in [6.45, 7) is 0. The summed E-state index contributed by atoms with van der Waals surface area (Å²) < 4.78 is 1.69. The Morgan fingerprint density at radius 3 is 3.27 bits per heavy atom. The molecule has 0 amide bonds. The standard InChI is InChI=1S/C4H3N5OS/c10-2-1-5-9-3(6-2)7-8-4(9)11/h1H,(H,8,11)(H,6,7,10). The first-order valence-electron chi connectivity index (χ1n) is 2.80. The molecule has 0 aliphatic heterocycles. The van der Waals surface area contributed by atoms with E-state index >= 15 is 0 Å². The van der Waals surface area contributed by atoms with Gasteiger partial charge in [-0.1, -0.05) is 0 Å². The number of aromatic nitrogens is 5. The van der Waals surface area contributed by atoms with Gasteiger partial charge in [-0.05, 0) is 12.2 Å². The Labute approximate surface area is 64.9 Å². The molecule has 0 fully saturated rings. The predicted octanol–water partition coefficient (Wildman–Crippen LogP) is -0.525. The van der Waals surface area contributed by atoms with Crippen molar-refractivity contribution in [2.45, 2.75) is 0 Å². The topological polar surface area (TPSA) is 78.8 Å². The van der Waals surface area contributed by atoms with Crippen LogP contribution in [0.25, 0.3) is 5.78 Å². The second-order valence-electron chi connectivity index (χ2n) is 1.90. The lowest BCUT2D eigenvalue weighted by Crippen LogP contribution is -2.09. The van der Waals surface area contributed by atoms with Gasteiger partial charge in [0, 0.05) is 0 Å². The van der Waals surface area contributed by atoms with E-state index in [4.69, 9.17) is 12.2 Å². The number of H-pyrrole nitrogens is 2. The molecule has 2 aromatic heterocycles. The summed E-state index contributed by atoms with van der Waals surface area (Å²) in [7, 11) is 0. The summed E-state index contributed by atoms with van der Waals surface area (Å²) >= 11 is 4.79. The van der Waals surface area contributed by atoms with E-state index in [0.717, 1.165) is 6.20 Å². The van der Waals surface area contributed by atoms with Gasteiger partial charge in [-0.15, -0.1) is 5.10 Å². The van der Waals surface area contributed by atoms with E-state index in [2.05, 4.69) is 20.3 Å². The maximum atomic E-state index is 10.7. The summed E-state index contributed by atoms with van der Waals surface area (Å²) in [5.41, 5.74) is -0.300. The monoisotopic (exact) mass is 169 g/mol. The Kier molecular flexibility index (Phi) is 1.13. The van der Waals surface area contributed by atoms with Gasteiger partial charge in [0.2, 0.25) is 4.77 Å². The van der Waals surface area contributed by atoms with Gasteiger partial charge in [0.25, 0.3) is 11.3 Å². The molecule has 0 aromatic carbocycles. The molecule has 0 saturated carbocycles. The van der Waals surface area contributed by atoms with Gasteiger partial charge in [-0.3, -0.25) is 9.78 Å². The van der Waals surface area contributed by atoms with E-state index < -0.39 is 0 Å². The zero-order valence-corrected chi connectivity index (χ0v) is 6.05.